The van der Waals surface area contributed by atoms with Crippen LogP contribution >= 0.6 is 11.3 Å². The number of nitrogens with zero attached hydrogens (tertiary/aromatic N) is 3. The van der Waals surface area contributed by atoms with Gasteiger partial charge in [0, 0.05) is 31.5 Å². The Balaban J connectivity index is 1.66. The Bertz CT molecular complexity index is 1510. The molecule has 8 nitrogen and oxygen atoms in total. The van der Waals surface area contributed by atoms with Crippen molar-refractivity contribution in [3.8, 4) is 0 Å². The van der Waals surface area contributed by atoms with Crippen LogP contribution in [0.5, 0.6) is 0 Å². The van der Waals surface area contributed by atoms with Crippen molar-refractivity contribution in [3.63, 3.8) is 0 Å². The smallest absolute Gasteiger partial charge is 0.279 e. The van der Waals surface area contributed by atoms with Crippen LogP contribution < -0.4 is 4.80 Å². The van der Waals surface area contributed by atoms with E-state index in [4.69, 9.17) is 0 Å². The van der Waals surface area contributed by atoms with Crippen molar-refractivity contribution < 1.29 is 21.6 Å². The maximum atomic E-state index is 13.0. The molecule has 1 fully saturated rings. The van der Waals surface area contributed by atoms with Crippen molar-refractivity contribution >= 4 is 47.3 Å². The van der Waals surface area contributed by atoms with Gasteiger partial charge in [0.25, 0.3) is 5.91 Å². The molecule has 188 valence electrons. The van der Waals surface area contributed by atoms with Gasteiger partial charge in [0.1, 0.15) is 0 Å². The predicted octanol–water partition coefficient (Wildman–Crippen LogP) is 3.82. The summed E-state index contributed by atoms with van der Waals surface area (Å²) in [5.74, 6) is -0.483. The second kappa shape index (κ2) is 10.3. The first kappa shape index (κ1) is 25.7. The lowest BCUT2D eigenvalue weighted by Crippen LogP contribution is -2.31. The van der Waals surface area contributed by atoms with Gasteiger partial charge in [-0.3, -0.25) is 4.79 Å². The molecular weight excluding hydrogens is 506 g/mol. The van der Waals surface area contributed by atoms with Gasteiger partial charge in [-0.2, -0.15) is 9.30 Å². The lowest BCUT2D eigenvalue weighted by Gasteiger charge is -2.19. The third-order valence-electron chi connectivity index (χ3n) is 6.03. The summed E-state index contributed by atoms with van der Waals surface area (Å²) in [5.41, 5.74) is 1.10. The molecular formula is C24H29N3O5S3. The van der Waals surface area contributed by atoms with E-state index in [9.17, 15) is 21.6 Å². The van der Waals surface area contributed by atoms with Gasteiger partial charge in [-0.15, -0.1) is 0 Å². The van der Waals surface area contributed by atoms with Crippen molar-refractivity contribution in [2.24, 2.45) is 4.99 Å². The molecule has 1 aromatic heterocycles. The monoisotopic (exact) mass is 535 g/mol. The van der Waals surface area contributed by atoms with Crippen molar-refractivity contribution in [2.45, 2.75) is 55.4 Å². The van der Waals surface area contributed by atoms with Gasteiger partial charge in [-0.25, -0.2) is 16.8 Å². The number of fused-ring (bicyclic) bond motifs is 1. The number of carbonyl (C=O) groups is 1. The van der Waals surface area contributed by atoms with E-state index >= 15 is 0 Å². The summed E-state index contributed by atoms with van der Waals surface area (Å²) in [4.78, 5) is 18.1. The number of hydrogen-bond acceptors (Lipinski definition) is 6. The number of aromatic nitrogens is 1. The molecule has 0 spiro atoms. The standard InChI is InChI=1S/C24H29N3O5S3/c1-3-14-27-21-13-12-20(34(2,29)30)17-22(21)33-24(27)25-23(28)18-8-10-19(11-9-18)35(31,32)26-15-6-4-5-7-16-26/h8-13,17H,3-7,14-16H2,1-2H3. The maximum Gasteiger partial charge on any atom is 0.279 e. The van der Waals surface area contributed by atoms with E-state index in [1.54, 1.807) is 18.2 Å². The summed E-state index contributed by atoms with van der Waals surface area (Å²) in [6.45, 7) is 3.67. The molecule has 0 radical (unpaired) electrons. The summed E-state index contributed by atoms with van der Waals surface area (Å²) in [6.07, 6.45) is 5.75. The first-order valence-corrected chi connectivity index (χ1v) is 15.8. The molecule has 1 aliphatic heterocycles. The van der Waals surface area contributed by atoms with Crippen LogP contribution in [0.4, 0.5) is 0 Å². The Hall–Kier alpha value is -2.34. The Kier molecular flexibility index (Phi) is 7.60. The third-order valence-corrected chi connectivity index (χ3v) is 10.1. The topological polar surface area (TPSA) is 106 Å². The molecule has 11 heteroatoms. The number of rotatable bonds is 6. The molecule has 4 rings (SSSR count). The van der Waals surface area contributed by atoms with Crippen LogP contribution in [-0.2, 0) is 26.4 Å². The minimum Gasteiger partial charge on any atom is -0.316 e. The zero-order valence-electron chi connectivity index (χ0n) is 19.8. The second-order valence-corrected chi connectivity index (χ2v) is 13.7. The highest BCUT2D eigenvalue weighted by molar-refractivity contribution is 7.90. The summed E-state index contributed by atoms with van der Waals surface area (Å²) in [6, 6.07) is 10.8. The van der Waals surface area contributed by atoms with Gasteiger partial charge in [-0.05, 0) is 61.7 Å². The molecule has 0 saturated carbocycles. The maximum absolute atomic E-state index is 13.0. The van der Waals surface area contributed by atoms with Gasteiger partial charge in [-0.1, -0.05) is 31.1 Å². The summed E-state index contributed by atoms with van der Waals surface area (Å²) >= 11 is 1.25. The van der Waals surface area contributed by atoms with Gasteiger partial charge in [0.05, 0.1) is 20.0 Å². The predicted molar refractivity (Wildman–Crippen MR) is 137 cm³/mol. The molecule has 1 aliphatic rings. The molecule has 1 saturated heterocycles. The number of benzene rings is 2. The number of aryl methyl sites for hydroxylation is 1. The van der Waals surface area contributed by atoms with Gasteiger partial charge < -0.3 is 4.57 Å². The molecule has 2 heterocycles. The van der Waals surface area contributed by atoms with Gasteiger partial charge in [0.15, 0.2) is 14.6 Å². The Morgan fingerprint density at radius 3 is 2.17 bits per heavy atom. The third kappa shape index (κ3) is 5.58. The molecule has 0 aliphatic carbocycles. The van der Waals surface area contributed by atoms with Crippen LogP contribution in [-0.4, -0.2) is 51.0 Å². The molecule has 0 unspecified atom stereocenters. The van der Waals surface area contributed by atoms with E-state index in [1.807, 2.05) is 11.5 Å². The average molecular weight is 536 g/mol. The first-order chi connectivity index (χ1) is 16.6. The number of carbonyl (C=O) groups excluding carboxylic acids is 1. The van der Waals surface area contributed by atoms with E-state index in [0.29, 0.717) is 24.4 Å². The van der Waals surface area contributed by atoms with Crippen LogP contribution in [0.2, 0.25) is 0 Å². The first-order valence-electron chi connectivity index (χ1n) is 11.6. The molecule has 0 bridgehead atoms. The molecule has 2 aromatic carbocycles. The molecule has 1 amide bonds. The summed E-state index contributed by atoms with van der Waals surface area (Å²) in [5, 5.41) is 0. The van der Waals surface area contributed by atoms with Crippen LogP contribution in [0.1, 0.15) is 49.4 Å². The Labute approximate surface area is 209 Å². The lowest BCUT2D eigenvalue weighted by molar-refractivity contribution is 0.0997. The van der Waals surface area contributed by atoms with Crippen LogP contribution in [0, 0.1) is 0 Å². The minimum absolute atomic E-state index is 0.173. The second-order valence-electron chi connectivity index (χ2n) is 8.70. The lowest BCUT2D eigenvalue weighted by atomic mass is 10.2. The number of amides is 1. The highest BCUT2D eigenvalue weighted by Gasteiger charge is 2.25. The fraction of sp³-hybridized carbons (Fsp3) is 0.417. The van der Waals surface area contributed by atoms with Crippen molar-refractivity contribution in [2.75, 3.05) is 19.3 Å². The Morgan fingerprint density at radius 1 is 0.943 bits per heavy atom. The normalized spacial score (nSPS) is 16.5. The van der Waals surface area contributed by atoms with E-state index in [-0.39, 0.29) is 15.4 Å². The fourth-order valence-electron chi connectivity index (χ4n) is 4.16. The SMILES string of the molecule is CCCn1c(=NC(=O)c2ccc(S(=O)(=O)N3CCCCCC3)cc2)sc2cc(S(C)(=O)=O)ccc21. The highest BCUT2D eigenvalue weighted by Crippen LogP contribution is 2.23. The highest BCUT2D eigenvalue weighted by atomic mass is 32.2. The number of thiazole rings is 1. The Morgan fingerprint density at radius 2 is 1.57 bits per heavy atom. The van der Waals surface area contributed by atoms with E-state index < -0.39 is 25.8 Å². The number of hydrogen-bond donors (Lipinski definition) is 0. The minimum atomic E-state index is -3.59. The number of sulfone groups is 1. The molecule has 35 heavy (non-hydrogen) atoms. The zero-order chi connectivity index (χ0) is 25.2. The van der Waals surface area contributed by atoms with Crippen molar-refractivity contribution in [1.82, 2.24) is 8.87 Å². The quantitative estimate of drug-likeness (QED) is 0.477. The molecule has 3 aromatic rings. The average Bonchev–Trinajstić information content (AvgIpc) is 2.98. The number of sulfonamides is 1. The molecule has 0 atom stereocenters. The van der Waals surface area contributed by atoms with Crippen LogP contribution in [0.3, 0.4) is 0 Å². The van der Waals surface area contributed by atoms with Gasteiger partial charge >= 0.3 is 0 Å². The fourth-order valence-corrected chi connectivity index (χ4v) is 7.49. The van der Waals surface area contributed by atoms with Gasteiger partial charge in [0.2, 0.25) is 10.0 Å². The molecule has 0 N–H and O–H groups in total. The summed E-state index contributed by atoms with van der Waals surface area (Å²) in [7, 11) is -6.95. The summed E-state index contributed by atoms with van der Waals surface area (Å²) < 4.78 is 54.1. The van der Waals surface area contributed by atoms with E-state index in [2.05, 4.69) is 4.99 Å². The van der Waals surface area contributed by atoms with Crippen LogP contribution in [0.25, 0.3) is 10.2 Å². The van der Waals surface area contributed by atoms with Crippen LogP contribution in [0.15, 0.2) is 57.2 Å². The largest absolute Gasteiger partial charge is 0.316 e. The zero-order valence-corrected chi connectivity index (χ0v) is 22.3. The van der Waals surface area contributed by atoms with E-state index in [1.165, 1.54) is 39.9 Å². The van der Waals surface area contributed by atoms with Crippen molar-refractivity contribution in [1.29, 1.82) is 0 Å². The van der Waals surface area contributed by atoms with Crippen molar-refractivity contribution in [3.05, 3.63) is 52.8 Å². The van der Waals surface area contributed by atoms with E-state index in [0.717, 1.165) is 48.6 Å².